The van der Waals surface area contributed by atoms with Gasteiger partial charge in [-0.3, -0.25) is 4.79 Å². The second kappa shape index (κ2) is 8.08. The fourth-order valence-electron chi connectivity index (χ4n) is 2.19. The molecule has 0 aliphatic rings. The van der Waals surface area contributed by atoms with Gasteiger partial charge >= 0.3 is 5.97 Å². The van der Waals surface area contributed by atoms with Crippen LogP contribution >= 0.6 is 0 Å². The van der Waals surface area contributed by atoms with Crippen molar-refractivity contribution in [3.8, 4) is 0 Å². The van der Waals surface area contributed by atoms with Gasteiger partial charge in [-0.15, -0.1) is 0 Å². The molecule has 0 aliphatic heterocycles. The van der Waals surface area contributed by atoms with Crippen LogP contribution in [0.4, 0.5) is 0 Å². The molecule has 0 saturated heterocycles. The fourth-order valence-corrected chi connectivity index (χ4v) is 2.19. The second-order valence-corrected chi connectivity index (χ2v) is 5.30. The fraction of sp³-hybridized carbons (Fsp3) is 0.200. The molecule has 0 bridgehead atoms. The molecule has 118 valence electrons. The van der Waals surface area contributed by atoms with E-state index in [1.807, 2.05) is 55.5 Å². The van der Waals surface area contributed by atoms with Crippen LogP contribution in [0.3, 0.4) is 0 Å². The van der Waals surface area contributed by atoms with Gasteiger partial charge in [0.05, 0.1) is 6.61 Å². The van der Waals surface area contributed by atoms with E-state index in [-0.39, 0.29) is 11.8 Å². The summed E-state index contributed by atoms with van der Waals surface area (Å²) < 4.78 is 4.85. The number of aryl methyl sites for hydroxylation is 1. The van der Waals surface area contributed by atoms with E-state index in [1.54, 1.807) is 13.0 Å². The molecule has 0 unspecified atom stereocenters. The van der Waals surface area contributed by atoms with Crippen molar-refractivity contribution in [3.63, 3.8) is 0 Å². The summed E-state index contributed by atoms with van der Waals surface area (Å²) in [6.07, 6.45) is 3.42. The molecular weight excluding hydrogens is 288 g/mol. The van der Waals surface area contributed by atoms with Crippen LogP contribution in [0.2, 0.25) is 0 Å². The first-order valence-corrected chi connectivity index (χ1v) is 7.62. The maximum atomic E-state index is 12.3. The van der Waals surface area contributed by atoms with Crippen LogP contribution in [0.15, 0.2) is 54.6 Å². The SMILES string of the molecule is CCOC(=O)/C=C/c1cccc(CC(=O)c2ccc(C)cc2)c1. The van der Waals surface area contributed by atoms with Crippen LogP contribution < -0.4 is 0 Å². The summed E-state index contributed by atoms with van der Waals surface area (Å²) in [5, 5.41) is 0. The lowest BCUT2D eigenvalue weighted by atomic mass is 10.0. The average molecular weight is 308 g/mol. The first-order valence-electron chi connectivity index (χ1n) is 7.62. The van der Waals surface area contributed by atoms with Gasteiger partial charge in [-0.2, -0.15) is 0 Å². The minimum Gasteiger partial charge on any atom is -0.463 e. The van der Waals surface area contributed by atoms with Crippen LogP contribution in [-0.2, 0) is 16.0 Å². The highest BCUT2D eigenvalue weighted by molar-refractivity contribution is 5.97. The van der Waals surface area contributed by atoms with Crippen molar-refractivity contribution in [1.29, 1.82) is 0 Å². The first-order chi connectivity index (χ1) is 11.1. The summed E-state index contributed by atoms with van der Waals surface area (Å²) in [6, 6.07) is 15.1. The van der Waals surface area contributed by atoms with Gasteiger partial charge in [0.2, 0.25) is 0 Å². The molecule has 0 fully saturated rings. The van der Waals surface area contributed by atoms with Gasteiger partial charge < -0.3 is 4.74 Å². The molecule has 0 heterocycles. The number of esters is 1. The smallest absolute Gasteiger partial charge is 0.330 e. The Morgan fingerprint density at radius 1 is 1.09 bits per heavy atom. The Kier molecular flexibility index (Phi) is 5.87. The number of hydrogen-bond donors (Lipinski definition) is 0. The average Bonchev–Trinajstić information content (AvgIpc) is 2.54. The van der Waals surface area contributed by atoms with Crippen LogP contribution in [0.1, 0.15) is 34.0 Å². The molecule has 0 aliphatic carbocycles. The van der Waals surface area contributed by atoms with Gasteiger partial charge in [0.1, 0.15) is 0 Å². The molecule has 2 rings (SSSR count). The van der Waals surface area contributed by atoms with Gasteiger partial charge in [0.25, 0.3) is 0 Å². The van der Waals surface area contributed by atoms with Crippen molar-refractivity contribution < 1.29 is 14.3 Å². The molecule has 0 amide bonds. The van der Waals surface area contributed by atoms with Crippen molar-refractivity contribution >= 4 is 17.8 Å². The third kappa shape index (κ3) is 5.22. The highest BCUT2D eigenvalue weighted by atomic mass is 16.5. The van der Waals surface area contributed by atoms with Crippen LogP contribution in [0.5, 0.6) is 0 Å². The monoisotopic (exact) mass is 308 g/mol. The molecule has 0 N–H and O–H groups in total. The predicted octanol–water partition coefficient (Wildman–Crippen LogP) is 4.00. The molecule has 0 saturated carbocycles. The Labute approximate surface area is 136 Å². The quantitative estimate of drug-likeness (QED) is 0.460. The van der Waals surface area contributed by atoms with Gasteiger partial charge in [0, 0.05) is 18.1 Å². The Morgan fingerprint density at radius 2 is 1.83 bits per heavy atom. The van der Waals surface area contributed by atoms with Crippen molar-refractivity contribution in [2.24, 2.45) is 0 Å². The number of carbonyl (C=O) groups excluding carboxylic acids is 2. The van der Waals surface area contributed by atoms with Crippen molar-refractivity contribution in [3.05, 3.63) is 76.9 Å². The summed E-state index contributed by atoms with van der Waals surface area (Å²) in [5.41, 5.74) is 3.63. The lowest BCUT2D eigenvalue weighted by molar-refractivity contribution is -0.137. The van der Waals surface area contributed by atoms with Crippen LogP contribution in [0, 0.1) is 6.92 Å². The molecule has 0 spiro atoms. The zero-order valence-electron chi connectivity index (χ0n) is 13.4. The molecule has 23 heavy (non-hydrogen) atoms. The van der Waals surface area contributed by atoms with Gasteiger partial charge in [0.15, 0.2) is 5.78 Å². The summed E-state index contributed by atoms with van der Waals surface area (Å²) in [7, 11) is 0. The minimum atomic E-state index is -0.367. The van der Waals surface area contributed by atoms with Crippen molar-refractivity contribution in [1.82, 2.24) is 0 Å². The molecule has 2 aromatic rings. The summed E-state index contributed by atoms with van der Waals surface area (Å²) >= 11 is 0. The first kappa shape index (κ1) is 16.7. The molecule has 0 aromatic heterocycles. The highest BCUT2D eigenvalue weighted by Crippen LogP contribution is 2.12. The summed E-state index contributed by atoms with van der Waals surface area (Å²) in [6.45, 7) is 4.12. The van der Waals surface area contributed by atoms with E-state index >= 15 is 0 Å². The van der Waals surface area contributed by atoms with E-state index in [2.05, 4.69) is 0 Å². The molecule has 0 atom stereocenters. The standard InChI is InChI=1S/C20H20O3/c1-3-23-20(22)12-9-16-5-4-6-17(13-16)14-19(21)18-10-7-15(2)8-11-18/h4-13H,3,14H2,1-2H3/b12-9+. The maximum Gasteiger partial charge on any atom is 0.330 e. The normalized spacial score (nSPS) is 10.7. The van der Waals surface area contributed by atoms with Crippen molar-refractivity contribution in [2.45, 2.75) is 20.3 Å². The zero-order valence-corrected chi connectivity index (χ0v) is 13.4. The number of benzene rings is 2. The molecular formula is C20H20O3. The largest absolute Gasteiger partial charge is 0.463 e. The van der Waals surface area contributed by atoms with Gasteiger partial charge in [-0.05, 0) is 31.1 Å². The number of carbonyl (C=O) groups is 2. The third-order valence-electron chi connectivity index (χ3n) is 3.39. The Balaban J connectivity index is 2.06. The number of ether oxygens (including phenoxy) is 1. The summed E-state index contributed by atoms with van der Waals surface area (Å²) in [4.78, 5) is 23.6. The maximum absolute atomic E-state index is 12.3. The van der Waals surface area contributed by atoms with Crippen molar-refractivity contribution in [2.75, 3.05) is 6.61 Å². The van der Waals surface area contributed by atoms with Crippen LogP contribution in [-0.4, -0.2) is 18.4 Å². The minimum absolute atomic E-state index is 0.0801. The number of hydrogen-bond acceptors (Lipinski definition) is 3. The lowest BCUT2D eigenvalue weighted by Gasteiger charge is -2.04. The molecule has 2 aromatic carbocycles. The zero-order chi connectivity index (χ0) is 16.7. The van der Waals surface area contributed by atoms with E-state index in [9.17, 15) is 9.59 Å². The Morgan fingerprint density at radius 3 is 2.52 bits per heavy atom. The van der Waals surface area contributed by atoms with Gasteiger partial charge in [-0.25, -0.2) is 4.79 Å². The summed E-state index contributed by atoms with van der Waals surface area (Å²) in [5.74, 6) is -0.287. The molecule has 3 nitrogen and oxygen atoms in total. The van der Waals surface area contributed by atoms with E-state index in [4.69, 9.17) is 4.74 Å². The van der Waals surface area contributed by atoms with E-state index in [1.165, 1.54) is 6.08 Å². The lowest BCUT2D eigenvalue weighted by Crippen LogP contribution is -2.03. The molecule has 0 radical (unpaired) electrons. The number of rotatable bonds is 6. The van der Waals surface area contributed by atoms with E-state index < -0.39 is 0 Å². The van der Waals surface area contributed by atoms with Crippen LogP contribution in [0.25, 0.3) is 6.08 Å². The van der Waals surface area contributed by atoms with Gasteiger partial charge in [-0.1, -0.05) is 54.1 Å². The Hall–Kier alpha value is -2.68. The predicted molar refractivity (Wildman–Crippen MR) is 91.3 cm³/mol. The number of Topliss-reactive ketones (excluding diaryl/α,β-unsaturated/α-hetero) is 1. The van der Waals surface area contributed by atoms with E-state index in [0.29, 0.717) is 18.6 Å². The highest BCUT2D eigenvalue weighted by Gasteiger charge is 2.07. The Bertz CT molecular complexity index is 712. The topological polar surface area (TPSA) is 43.4 Å². The molecule has 3 heteroatoms. The number of ketones is 1. The third-order valence-corrected chi connectivity index (χ3v) is 3.39. The second-order valence-electron chi connectivity index (χ2n) is 5.30. The van der Waals surface area contributed by atoms with E-state index in [0.717, 1.165) is 16.7 Å².